The summed E-state index contributed by atoms with van der Waals surface area (Å²) >= 11 is 5.92. The topological polar surface area (TPSA) is 110 Å². The first-order valence-corrected chi connectivity index (χ1v) is 7.25. The van der Waals surface area contributed by atoms with Crippen molar-refractivity contribution in [2.24, 2.45) is 11.8 Å². The molecule has 0 heterocycles. The van der Waals surface area contributed by atoms with Crippen molar-refractivity contribution in [2.75, 3.05) is 5.32 Å². The number of hydrogen-bond acceptors (Lipinski definition) is 4. The molecule has 1 amide bonds. The van der Waals surface area contributed by atoms with Crippen molar-refractivity contribution in [3.8, 4) is 0 Å². The van der Waals surface area contributed by atoms with E-state index >= 15 is 0 Å². The third kappa shape index (κ3) is 3.54. The summed E-state index contributed by atoms with van der Waals surface area (Å²) in [5, 5.41) is 22.5. The lowest BCUT2D eigenvalue weighted by Gasteiger charge is -2.27. The van der Waals surface area contributed by atoms with Gasteiger partial charge in [0.2, 0.25) is 5.91 Å². The normalized spacial score (nSPS) is 21.1. The van der Waals surface area contributed by atoms with E-state index in [0.29, 0.717) is 12.8 Å². The molecule has 0 bridgehead atoms. The van der Waals surface area contributed by atoms with Crippen molar-refractivity contribution in [3.05, 3.63) is 33.3 Å². The third-order valence-electron chi connectivity index (χ3n) is 3.84. The van der Waals surface area contributed by atoms with Crippen molar-refractivity contribution in [1.29, 1.82) is 0 Å². The van der Waals surface area contributed by atoms with Crippen LogP contribution in [0.3, 0.4) is 0 Å². The van der Waals surface area contributed by atoms with Crippen LogP contribution in [-0.2, 0) is 9.59 Å². The molecular formula is C14H15ClN2O5. The monoisotopic (exact) mass is 326 g/mol. The predicted octanol–water partition coefficient (Wildman–Crippen LogP) is 3.08. The van der Waals surface area contributed by atoms with Gasteiger partial charge in [0.1, 0.15) is 0 Å². The molecule has 0 unspecified atom stereocenters. The van der Waals surface area contributed by atoms with Crippen LogP contribution in [-0.4, -0.2) is 21.9 Å². The van der Waals surface area contributed by atoms with E-state index in [9.17, 15) is 24.8 Å². The lowest BCUT2D eigenvalue weighted by molar-refractivity contribution is -0.384. The highest BCUT2D eigenvalue weighted by molar-refractivity contribution is 6.34. The summed E-state index contributed by atoms with van der Waals surface area (Å²) in [5.74, 6) is -2.71. The Morgan fingerprint density at radius 3 is 2.45 bits per heavy atom. The van der Waals surface area contributed by atoms with Crippen molar-refractivity contribution < 1.29 is 19.6 Å². The minimum Gasteiger partial charge on any atom is -0.481 e. The first-order valence-electron chi connectivity index (χ1n) is 6.87. The number of nitro groups is 1. The zero-order chi connectivity index (χ0) is 16.3. The molecule has 2 atom stereocenters. The van der Waals surface area contributed by atoms with E-state index in [4.69, 9.17) is 11.6 Å². The van der Waals surface area contributed by atoms with E-state index in [1.807, 2.05) is 0 Å². The van der Waals surface area contributed by atoms with Crippen LogP contribution < -0.4 is 5.32 Å². The average Bonchev–Trinajstić information content (AvgIpc) is 2.48. The van der Waals surface area contributed by atoms with E-state index in [1.165, 1.54) is 12.1 Å². The summed E-state index contributed by atoms with van der Waals surface area (Å²) < 4.78 is 0. The molecule has 1 aliphatic rings. The standard InChI is InChI=1S/C14H15ClN2O5/c15-11-7-8(17(21)22)5-6-12(11)16-13(18)9-3-1-2-4-10(9)14(19)20/h5-7,9-10H,1-4H2,(H,16,18)(H,19,20)/t9-,10+/m1/s1. The predicted molar refractivity (Wildman–Crippen MR) is 79.8 cm³/mol. The quantitative estimate of drug-likeness (QED) is 0.652. The fourth-order valence-electron chi connectivity index (χ4n) is 2.68. The zero-order valence-corrected chi connectivity index (χ0v) is 12.4. The highest BCUT2D eigenvalue weighted by Crippen LogP contribution is 2.33. The molecule has 0 aromatic heterocycles. The molecule has 1 aliphatic carbocycles. The van der Waals surface area contributed by atoms with E-state index in [0.717, 1.165) is 18.9 Å². The Morgan fingerprint density at radius 1 is 1.27 bits per heavy atom. The van der Waals surface area contributed by atoms with Crippen LogP contribution in [0.1, 0.15) is 25.7 Å². The van der Waals surface area contributed by atoms with Gasteiger partial charge < -0.3 is 10.4 Å². The number of hydrogen-bond donors (Lipinski definition) is 2. The number of aliphatic carboxylic acids is 1. The molecule has 1 saturated carbocycles. The molecule has 8 heteroatoms. The van der Waals surface area contributed by atoms with E-state index in [-0.39, 0.29) is 16.4 Å². The molecule has 7 nitrogen and oxygen atoms in total. The van der Waals surface area contributed by atoms with Crippen LogP contribution >= 0.6 is 11.6 Å². The zero-order valence-electron chi connectivity index (χ0n) is 11.6. The van der Waals surface area contributed by atoms with Gasteiger partial charge in [-0.3, -0.25) is 19.7 Å². The fourth-order valence-corrected chi connectivity index (χ4v) is 2.91. The second-order valence-electron chi connectivity index (χ2n) is 5.25. The smallest absolute Gasteiger partial charge is 0.307 e. The van der Waals surface area contributed by atoms with Crippen LogP contribution in [0, 0.1) is 22.0 Å². The molecule has 22 heavy (non-hydrogen) atoms. The second-order valence-corrected chi connectivity index (χ2v) is 5.65. The maximum atomic E-state index is 12.3. The number of anilines is 1. The molecule has 0 spiro atoms. The Balaban J connectivity index is 2.14. The summed E-state index contributed by atoms with van der Waals surface area (Å²) in [4.78, 5) is 33.6. The summed E-state index contributed by atoms with van der Waals surface area (Å²) in [7, 11) is 0. The van der Waals surface area contributed by atoms with Gasteiger partial charge in [0.15, 0.2) is 0 Å². The third-order valence-corrected chi connectivity index (χ3v) is 4.15. The number of halogens is 1. The SMILES string of the molecule is O=C(O)[C@H]1CCCC[C@H]1C(=O)Nc1ccc([N+](=O)[O-])cc1Cl. The molecule has 0 radical (unpaired) electrons. The summed E-state index contributed by atoms with van der Waals surface area (Å²) in [6, 6.07) is 3.72. The number of carboxylic acids is 1. The van der Waals surface area contributed by atoms with Crippen LogP contribution in [0.5, 0.6) is 0 Å². The van der Waals surface area contributed by atoms with Crippen LogP contribution in [0.15, 0.2) is 18.2 Å². The number of benzene rings is 1. The number of carboxylic acid groups (broad SMARTS) is 1. The number of rotatable bonds is 4. The number of nitrogens with one attached hydrogen (secondary N) is 1. The fraction of sp³-hybridized carbons (Fsp3) is 0.429. The first kappa shape index (κ1) is 16.2. The number of amides is 1. The molecule has 1 fully saturated rings. The lowest BCUT2D eigenvalue weighted by Crippen LogP contribution is -2.36. The van der Waals surface area contributed by atoms with Gasteiger partial charge in [0.05, 0.1) is 27.5 Å². The molecule has 2 N–H and O–H groups in total. The molecule has 0 aliphatic heterocycles. The lowest BCUT2D eigenvalue weighted by atomic mass is 9.78. The minimum atomic E-state index is -0.977. The summed E-state index contributed by atoms with van der Waals surface area (Å²) in [6.07, 6.45) is 2.57. The molecule has 2 rings (SSSR count). The van der Waals surface area contributed by atoms with E-state index in [2.05, 4.69) is 5.32 Å². The van der Waals surface area contributed by atoms with Crippen LogP contribution in [0.4, 0.5) is 11.4 Å². The van der Waals surface area contributed by atoms with E-state index < -0.39 is 28.6 Å². The van der Waals surface area contributed by atoms with Crippen molar-refractivity contribution in [2.45, 2.75) is 25.7 Å². The number of carbonyl (C=O) groups excluding carboxylic acids is 1. The minimum absolute atomic E-state index is 0.0465. The highest BCUT2D eigenvalue weighted by atomic mass is 35.5. The Kier molecular flexibility index (Phi) is 4.97. The van der Waals surface area contributed by atoms with Gasteiger partial charge in [-0.05, 0) is 18.9 Å². The Morgan fingerprint density at radius 2 is 1.91 bits per heavy atom. The van der Waals surface area contributed by atoms with Crippen molar-refractivity contribution >= 4 is 34.9 Å². The largest absolute Gasteiger partial charge is 0.481 e. The van der Waals surface area contributed by atoms with Gasteiger partial charge in [0, 0.05) is 12.1 Å². The number of non-ortho nitro benzene ring substituents is 1. The number of nitrogens with zero attached hydrogens (tertiary/aromatic N) is 1. The van der Waals surface area contributed by atoms with Gasteiger partial charge in [-0.2, -0.15) is 0 Å². The second kappa shape index (κ2) is 6.74. The molecule has 118 valence electrons. The highest BCUT2D eigenvalue weighted by Gasteiger charge is 2.35. The Bertz CT molecular complexity index is 619. The Hall–Kier alpha value is -2.15. The maximum Gasteiger partial charge on any atom is 0.307 e. The van der Waals surface area contributed by atoms with Crippen LogP contribution in [0.2, 0.25) is 5.02 Å². The maximum absolute atomic E-state index is 12.3. The van der Waals surface area contributed by atoms with E-state index in [1.54, 1.807) is 0 Å². The van der Waals surface area contributed by atoms with Crippen LogP contribution in [0.25, 0.3) is 0 Å². The van der Waals surface area contributed by atoms with Gasteiger partial charge in [-0.1, -0.05) is 24.4 Å². The van der Waals surface area contributed by atoms with Gasteiger partial charge in [-0.25, -0.2) is 0 Å². The molecule has 0 saturated heterocycles. The van der Waals surface area contributed by atoms with Gasteiger partial charge >= 0.3 is 5.97 Å². The first-order chi connectivity index (χ1) is 10.4. The van der Waals surface area contributed by atoms with Gasteiger partial charge in [-0.15, -0.1) is 0 Å². The number of nitro benzene ring substituents is 1. The average molecular weight is 327 g/mol. The summed E-state index contributed by atoms with van der Waals surface area (Å²) in [5.41, 5.74) is 0.0658. The Labute approximate surface area is 131 Å². The molecule has 1 aromatic rings. The van der Waals surface area contributed by atoms with Crippen molar-refractivity contribution in [3.63, 3.8) is 0 Å². The number of carbonyl (C=O) groups is 2. The van der Waals surface area contributed by atoms with Crippen molar-refractivity contribution in [1.82, 2.24) is 0 Å². The van der Waals surface area contributed by atoms with Gasteiger partial charge in [0.25, 0.3) is 5.69 Å². The summed E-state index contributed by atoms with van der Waals surface area (Å²) in [6.45, 7) is 0. The molecular weight excluding hydrogens is 312 g/mol. The molecule has 1 aromatic carbocycles.